The Morgan fingerprint density at radius 2 is 2.21 bits per heavy atom. The molecular formula is C14H24N4O. The Morgan fingerprint density at radius 3 is 2.79 bits per heavy atom. The monoisotopic (exact) mass is 264 g/mol. The first-order valence-electron chi connectivity index (χ1n) is 7.17. The summed E-state index contributed by atoms with van der Waals surface area (Å²) in [7, 11) is 0. The molecule has 1 aliphatic rings. The summed E-state index contributed by atoms with van der Waals surface area (Å²) in [6, 6.07) is 2.00. The molecule has 0 radical (unpaired) electrons. The number of aromatic nitrogens is 2. The molecule has 0 aliphatic heterocycles. The van der Waals surface area contributed by atoms with E-state index in [0.29, 0.717) is 5.92 Å². The van der Waals surface area contributed by atoms with Gasteiger partial charge in [-0.2, -0.15) is 5.10 Å². The average Bonchev–Trinajstić information content (AvgIpc) is 2.91. The van der Waals surface area contributed by atoms with E-state index in [-0.39, 0.29) is 17.9 Å². The molecule has 19 heavy (non-hydrogen) atoms. The molecule has 0 spiro atoms. The lowest BCUT2D eigenvalue weighted by Crippen LogP contribution is -2.41. The highest BCUT2D eigenvalue weighted by atomic mass is 16.1. The number of nitrogens with one attached hydrogen (secondary N) is 1. The molecular weight excluding hydrogens is 240 g/mol. The van der Waals surface area contributed by atoms with Crippen LogP contribution in [0.1, 0.15) is 32.6 Å². The van der Waals surface area contributed by atoms with Crippen LogP contribution in [0.15, 0.2) is 18.5 Å². The number of nitrogens with two attached hydrogens (primary N) is 1. The quantitative estimate of drug-likeness (QED) is 0.838. The van der Waals surface area contributed by atoms with Gasteiger partial charge in [-0.25, -0.2) is 0 Å². The van der Waals surface area contributed by atoms with Gasteiger partial charge in [-0.3, -0.25) is 9.48 Å². The van der Waals surface area contributed by atoms with Crippen molar-refractivity contribution >= 4 is 5.91 Å². The predicted molar refractivity (Wildman–Crippen MR) is 74.3 cm³/mol. The molecule has 5 heteroatoms. The molecule has 3 N–H and O–H groups in total. The van der Waals surface area contributed by atoms with Crippen molar-refractivity contribution in [3.05, 3.63) is 18.5 Å². The standard InChI is InChI=1S/C14H24N4O/c1-11(10-18-8-2-7-16-18)17-14(19)13-5-3-12(9-15)4-6-13/h2,7-8,11-13H,3-6,9-10,15H2,1H3,(H,17,19). The normalized spacial score (nSPS) is 24.9. The van der Waals surface area contributed by atoms with Gasteiger partial charge in [0.2, 0.25) is 5.91 Å². The minimum atomic E-state index is 0.111. The van der Waals surface area contributed by atoms with E-state index in [9.17, 15) is 4.79 Å². The molecule has 1 aliphatic carbocycles. The van der Waals surface area contributed by atoms with Gasteiger partial charge >= 0.3 is 0 Å². The number of amides is 1. The van der Waals surface area contributed by atoms with Crippen molar-refractivity contribution in [2.45, 2.75) is 45.2 Å². The fourth-order valence-corrected chi connectivity index (χ4v) is 2.76. The third-order valence-corrected chi connectivity index (χ3v) is 3.96. The Balaban J connectivity index is 1.74. The van der Waals surface area contributed by atoms with Gasteiger partial charge in [0.15, 0.2) is 0 Å². The van der Waals surface area contributed by atoms with Crippen LogP contribution in [0.5, 0.6) is 0 Å². The highest BCUT2D eigenvalue weighted by Gasteiger charge is 2.26. The molecule has 1 heterocycles. The predicted octanol–water partition coefficient (Wildman–Crippen LogP) is 1.15. The highest BCUT2D eigenvalue weighted by molar-refractivity contribution is 5.78. The van der Waals surface area contributed by atoms with Gasteiger partial charge in [0.05, 0.1) is 6.54 Å². The second-order valence-electron chi connectivity index (χ2n) is 5.59. The zero-order valence-corrected chi connectivity index (χ0v) is 11.6. The first kappa shape index (κ1) is 14.1. The summed E-state index contributed by atoms with van der Waals surface area (Å²) in [5, 5.41) is 7.24. The lowest BCUT2D eigenvalue weighted by atomic mass is 9.81. The summed E-state index contributed by atoms with van der Waals surface area (Å²) in [5.41, 5.74) is 5.67. The zero-order valence-electron chi connectivity index (χ0n) is 11.6. The SMILES string of the molecule is CC(Cn1cccn1)NC(=O)C1CCC(CN)CC1. The van der Waals surface area contributed by atoms with Crippen LogP contribution >= 0.6 is 0 Å². The van der Waals surface area contributed by atoms with Crippen molar-refractivity contribution in [3.8, 4) is 0 Å². The number of nitrogens with zero attached hydrogens (tertiary/aromatic N) is 2. The van der Waals surface area contributed by atoms with E-state index in [1.807, 2.05) is 23.9 Å². The topological polar surface area (TPSA) is 72.9 Å². The van der Waals surface area contributed by atoms with Gasteiger partial charge in [-0.15, -0.1) is 0 Å². The molecule has 0 bridgehead atoms. The van der Waals surface area contributed by atoms with E-state index in [2.05, 4.69) is 10.4 Å². The first-order valence-corrected chi connectivity index (χ1v) is 7.17. The molecule has 1 amide bonds. The van der Waals surface area contributed by atoms with Crippen molar-refractivity contribution < 1.29 is 4.79 Å². The summed E-state index contributed by atoms with van der Waals surface area (Å²) >= 11 is 0. The van der Waals surface area contributed by atoms with Crippen molar-refractivity contribution in [1.29, 1.82) is 0 Å². The smallest absolute Gasteiger partial charge is 0.223 e. The summed E-state index contributed by atoms with van der Waals surface area (Å²) in [4.78, 5) is 12.2. The van der Waals surface area contributed by atoms with Crippen LogP contribution in [0.2, 0.25) is 0 Å². The average molecular weight is 264 g/mol. The Bertz CT molecular complexity index is 382. The Labute approximate surface area is 114 Å². The van der Waals surface area contributed by atoms with Crippen LogP contribution in [0, 0.1) is 11.8 Å². The molecule has 1 aromatic rings. The van der Waals surface area contributed by atoms with Crippen LogP contribution in [0.3, 0.4) is 0 Å². The van der Waals surface area contributed by atoms with Crippen molar-refractivity contribution in [2.75, 3.05) is 6.54 Å². The van der Waals surface area contributed by atoms with Crippen LogP contribution < -0.4 is 11.1 Å². The van der Waals surface area contributed by atoms with Crippen LogP contribution in [-0.2, 0) is 11.3 Å². The van der Waals surface area contributed by atoms with Crippen molar-refractivity contribution in [2.24, 2.45) is 17.6 Å². The molecule has 1 unspecified atom stereocenters. The molecule has 0 aromatic carbocycles. The van der Waals surface area contributed by atoms with E-state index in [1.165, 1.54) is 0 Å². The Hall–Kier alpha value is -1.36. The molecule has 1 fully saturated rings. The third-order valence-electron chi connectivity index (χ3n) is 3.96. The van der Waals surface area contributed by atoms with Gasteiger partial charge in [0, 0.05) is 24.4 Å². The number of rotatable bonds is 5. The number of carbonyl (C=O) groups excluding carboxylic acids is 1. The zero-order chi connectivity index (χ0) is 13.7. The van der Waals surface area contributed by atoms with Crippen LogP contribution in [-0.4, -0.2) is 28.3 Å². The number of carbonyl (C=O) groups is 1. The van der Waals surface area contributed by atoms with E-state index >= 15 is 0 Å². The maximum atomic E-state index is 12.2. The van der Waals surface area contributed by atoms with E-state index in [0.717, 1.165) is 38.8 Å². The largest absolute Gasteiger partial charge is 0.352 e. The molecule has 0 saturated heterocycles. The van der Waals surface area contributed by atoms with E-state index in [4.69, 9.17) is 5.73 Å². The molecule has 1 saturated carbocycles. The minimum Gasteiger partial charge on any atom is -0.352 e. The van der Waals surface area contributed by atoms with Gasteiger partial charge in [0.25, 0.3) is 0 Å². The maximum absolute atomic E-state index is 12.2. The number of hydrogen-bond acceptors (Lipinski definition) is 3. The fourth-order valence-electron chi connectivity index (χ4n) is 2.76. The van der Waals surface area contributed by atoms with Crippen LogP contribution in [0.25, 0.3) is 0 Å². The Kier molecular flexibility index (Phi) is 4.96. The second-order valence-corrected chi connectivity index (χ2v) is 5.59. The van der Waals surface area contributed by atoms with Gasteiger partial charge < -0.3 is 11.1 Å². The Morgan fingerprint density at radius 1 is 1.47 bits per heavy atom. The lowest BCUT2D eigenvalue weighted by Gasteiger charge is -2.27. The molecule has 1 aromatic heterocycles. The highest BCUT2D eigenvalue weighted by Crippen LogP contribution is 2.28. The van der Waals surface area contributed by atoms with Gasteiger partial charge in [-0.05, 0) is 51.1 Å². The summed E-state index contributed by atoms with van der Waals surface area (Å²) in [5.74, 6) is 0.976. The van der Waals surface area contributed by atoms with E-state index < -0.39 is 0 Å². The van der Waals surface area contributed by atoms with Crippen molar-refractivity contribution in [3.63, 3.8) is 0 Å². The van der Waals surface area contributed by atoms with Gasteiger partial charge in [-0.1, -0.05) is 0 Å². The first-order chi connectivity index (χ1) is 9.19. The lowest BCUT2D eigenvalue weighted by molar-refractivity contribution is -0.126. The molecule has 5 nitrogen and oxygen atoms in total. The molecule has 106 valence electrons. The minimum absolute atomic E-state index is 0.111. The van der Waals surface area contributed by atoms with Crippen LogP contribution in [0.4, 0.5) is 0 Å². The number of hydrogen-bond donors (Lipinski definition) is 2. The summed E-state index contributed by atoms with van der Waals surface area (Å²) in [6.45, 7) is 3.49. The van der Waals surface area contributed by atoms with E-state index in [1.54, 1.807) is 6.20 Å². The fraction of sp³-hybridized carbons (Fsp3) is 0.714. The molecule has 1 atom stereocenters. The molecule has 2 rings (SSSR count). The summed E-state index contributed by atoms with van der Waals surface area (Å²) < 4.78 is 1.84. The van der Waals surface area contributed by atoms with Crippen molar-refractivity contribution in [1.82, 2.24) is 15.1 Å². The maximum Gasteiger partial charge on any atom is 0.223 e. The summed E-state index contributed by atoms with van der Waals surface area (Å²) in [6.07, 6.45) is 7.78. The van der Waals surface area contributed by atoms with Gasteiger partial charge in [0.1, 0.15) is 0 Å². The second kappa shape index (κ2) is 6.70. The third kappa shape index (κ3) is 4.06.